The monoisotopic (exact) mass is 283 g/mol. The predicted octanol–water partition coefficient (Wildman–Crippen LogP) is 1.37. The summed E-state index contributed by atoms with van der Waals surface area (Å²) in [5.74, 6) is -0.0666. The number of rotatable bonds is 4. The molecule has 0 aromatic rings. The molecule has 0 bridgehead atoms. The van der Waals surface area contributed by atoms with Gasteiger partial charge in [0.05, 0.1) is 12.1 Å². The Morgan fingerprint density at radius 1 is 1.30 bits per heavy atom. The molecule has 4 N–H and O–H groups in total. The summed E-state index contributed by atoms with van der Waals surface area (Å²) in [5.41, 5.74) is 4.99. The maximum atomic E-state index is 12.7. The number of nitrogens with one attached hydrogen (secondary N) is 1. The number of amides is 1. The zero-order valence-corrected chi connectivity index (χ0v) is 12.1. The summed E-state index contributed by atoms with van der Waals surface area (Å²) in [6.45, 7) is 0. The molecule has 0 aliphatic heterocycles. The summed E-state index contributed by atoms with van der Waals surface area (Å²) in [7, 11) is 1.68. The van der Waals surface area contributed by atoms with E-state index in [0.717, 1.165) is 38.5 Å². The molecular weight excluding hydrogens is 258 g/mol. The predicted molar refractivity (Wildman–Crippen MR) is 75.5 cm³/mol. The van der Waals surface area contributed by atoms with Crippen molar-refractivity contribution < 1.29 is 14.7 Å². The standard InChI is InChI=1S/C14H25N3O3/c1-20-11-7-5-6-10(11)16-13(18)14(12(15)17-19)8-3-2-4-9-14/h10-11,19H,2-9H2,1H3,(H2,15,17)(H,16,18). The van der Waals surface area contributed by atoms with Crippen LogP contribution >= 0.6 is 0 Å². The number of nitrogens with zero attached hydrogens (tertiary/aromatic N) is 1. The maximum Gasteiger partial charge on any atom is 0.234 e. The first kappa shape index (κ1) is 15.1. The molecular formula is C14H25N3O3. The maximum absolute atomic E-state index is 12.7. The van der Waals surface area contributed by atoms with Crippen molar-refractivity contribution in [1.29, 1.82) is 0 Å². The highest BCUT2D eigenvalue weighted by Crippen LogP contribution is 2.37. The fourth-order valence-corrected chi connectivity index (χ4v) is 3.53. The Hall–Kier alpha value is -1.30. The lowest BCUT2D eigenvalue weighted by atomic mass is 9.72. The van der Waals surface area contributed by atoms with Crippen molar-refractivity contribution in [1.82, 2.24) is 5.32 Å². The number of amidine groups is 1. The molecule has 2 atom stereocenters. The first-order chi connectivity index (χ1) is 9.64. The summed E-state index contributed by atoms with van der Waals surface area (Å²) in [4.78, 5) is 12.7. The first-order valence-electron chi connectivity index (χ1n) is 7.46. The smallest absolute Gasteiger partial charge is 0.234 e. The molecule has 2 aliphatic carbocycles. The molecule has 114 valence electrons. The molecule has 20 heavy (non-hydrogen) atoms. The number of oxime groups is 1. The van der Waals surface area contributed by atoms with E-state index in [0.29, 0.717) is 12.8 Å². The van der Waals surface area contributed by atoms with Gasteiger partial charge in [-0.1, -0.05) is 24.4 Å². The number of hydrogen-bond donors (Lipinski definition) is 3. The van der Waals surface area contributed by atoms with Gasteiger partial charge in [-0.2, -0.15) is 0 Å². The van der Waals surface area contributed by atoms with Crippen LogP contribution in [-0.2, 0) is 9.53 Å². The molecule has 6 heteroatoms. The Labute approximate surface area is 119 Å². The lowest BCUT2D eigenvalue weighted by Gasteiger charge is -2.36. The van der Waals surface area contributed by atoms with Crippen LogP contribution in [0.4, 0.5) is 0 Å². The SMILES string of the molecule is COC1CCCC1NC(=O)C1(C(N)=NO)CCCCC1. The topological polar surface area (TPSA) is 96.9 Å². The molecule has 0 aromatic heterocycles. The summed E-state index contributed by atoms with van der Waals surface area (Å²) in [6, 6.07) is 0.0396. The lowest BCUT2D eigenvalue weighted by Crippen LogP contribution is -2.54. The molecule has 2 fully saturated rings. The van der Waals surface area contributed by atoms with Gasteiger partial charge < -0.3 is 21.0 Å². The second kappa shape index (κ2) is 6.43. The van der Waals surface area contributed by atoms with Gasteiger partial charge in [-0.25, -0.2) is 0 Å². The Balaban J connectivity index is 2.11. The van der Waals surface area contributed by atoms with Crippen LogP contribution < -0.4 is 11.1 Å². The quantitative estimate of drug-likeness (QED) is 0.314. The van der Waals surface area contributed by atoms with Crippen LogP contribution in [-0.4, -0.2) is 36.2 Å². The Morgan fingerprint density at radius 3 is 2.60 bits per heavy atom. The molecule has 6 nitrogen and oxygen atoms in total. The van der Waals surface area contributed by atoms with E-state index in [1.54, 1.807) is 7.11 Å². The lowest BCUT2D eigenvalue weighted by molar-refractivity contribution is -0.130. The fourth-order valence-electron chi connectivity index (χ4n) is 3.53. The molecule has 0 heterocycles. The van der Waals surface area contributed by atoms with Gasteiger partial charge in [0.15, 0.2) is 5.84 Å². The minimum absolute atomic E-state index is 0.0396. The van der Waals surface area contributed by atoms with E-state index in [2.05, 4.69) is 10.5 Å². The van der Waals surface area contributed by atoms with Crippen molar-refractivity contribution in [3.05, 3.63) is 0 Å². The zero-order chi connectivity index (χ0) is 14.6. The minimum Gasteiger partial charge on any atom is -0.409 e. The third-order valence-corrected chi connectivity index (χ3v) is 4.81. The molecule has 2 aliphatic rings. The summed E-state index contributed by atoms with van der Waals surface area (Å²) >= 11 is 0. The summed E-state index contributed by atoms with van der Waals surface area (Å²) in [5, 5.41) is 15.2. The molecule has 2 saturated carbocycles. The van der Waals surface area contributed by atoms with E-state index in [1.165, 1.54) is 0 Å². The highest BCUT2D eigenvalue weighted by atomic mass is 16.5. The van der Waals surface area contributed by atoms with Crippen LogP contribution in [0.1, 0.15) is 51.4 Å². The number of hydrogen-bond acceptors (Lipinski definition) is 4. The summed E-state index contributed by atoms with van der Waals surface area (Å²) < 4.78 is 5.41. The van der Waals surface area contributed by atoms with Crippen molar-refractivity contribution in [2.45, 2.75) is 63.5 Å². The van der Waals surface area contributed by atoms with Gasteiger partial charge in [-0.3, -0.25) is 4.79 Å². The number of carbonyl (C=O) groups excluding carboxylic acids is 1. The Morgan fingerprint density at radius 2 is 2.00 bits per heavy atom. The van der Waals surface area contributed by atoms with Crippen LogP contribution in [0.15, 0.2) is 5.16 Å². The molecule has 0 saturated heterocycles. The van der Waals surface area contributed by atoms with Crippen LogP contribution in [0.5, 0.6) is 0 Å². The highest BCUT2D eigenvalue weighted by molar-refractivity contribution is 6.06. The average Bonchev–Trinajstić information content (AvgIpc) is 2.94. The van der Waals surface area contributed by atoms with Crippen LogP contribution in [0.2, 0.25) is 0 Å². The molecule has 2 rings (SSSR count). The highest BCUT2D eigenvalue weighted by Gasteiger charge is 2.45. The van der Waals surface area contributed by atoms with E-state index in [9.17, 15) is 4.79 Å². The van der Waals surface area contributed by atoms with Crippen molar-refractivity contribution in [3.63, 3.8) is 0 Å². The number of carbonyl (C=O) groups is 1. The number of nitrogens with two attached hydrogens (primary N) is 1. The van der Waals surface area contributed by atoms with E-state index < -0.39 is 5.41 Å². The van der Waals surface area contributed by atoms with Crippen LogP contribution in [0, 0.1) is 5.41 Å². The molecule has 0 aromatic carbocycles. The normalized spacial score (nSPS) is 30.1. The zero-order valence-electron chi connectivity index (χ0n) is 12.1. The second-order valence-electron chi connectivity index (χ2n) is 5.91. The van der Waals surface area contributed by atoms with E-state index in [1.807, 2.05) is 0 Å². The Kier molecular flexibility index (Phi) is 4.86. The van der Waals surface area contributed by atoms with Crippen LogP contribution in [0.25, 0.3) is 0 Å². The second-order valence-corrected chi connectivity index (χ2v) is 5.91. The molecule has 0 radical (unpaired) electrons. The number of ether oxygens (including phenoxy) is 1. The van der Waals surface area contributed by atoms with Crippen molar-refractivity contribution in [3.8, 4) is 0 Å². The third kappa shape index (κ3) is 2.75. The van der Waals surface area contributed by atoms with Gasteiger partial charge in [-0.15, -0.1) is 0 Å². The summed E-state index contributed by atoms with van der Waals surface area (Å²) in [6.07, 6.45) is 7.29. The molecule has 0 spiro atoms. The average molecular weight is 283 g/mol. The van der Waals surface area contributed by atoms with Crippen LogP contribution in [0.3, 0.4) is 0 Å². The fraction of sp³-hybridized carbons (Fsp3) is 0.857. The minimum atomic E-state index is -0.839. The first-order valence-corrected chi connectivity index (χ1v) is 7.46. The largest absolute Gasteiger partial charge is 0.409 e. The van der Waals surface area contributed by atoms with Gasteiger partial charge in [-0.05, 0) is 32.1 Å². The van der Waals surface area contributed by atoms with Gasteiger partial charge in [0.2, 0.25) is 5.91 Å². The van der Waals surface area contributed by atoms with Crippen molar-refractivity contribution in [2.75, 3.05) is 7.11 Å². The van der Waals surface area contributed by atoms with Crippen molar-refractivity contribution in [2.24, 2.45) is 16.3 Å². The van der Waals surface area contributed by atoms with Gasteiger partial charge >= 0.3 is 0 Å². The van der Waals surface area contributed by atoms with E-state index in [-0.39, 0.29) is 23.9 Å². The van der Waals surface area contributed by atoms with Gasteiger partial charge in [0.25, 0.3) is 0 Å². The Bertz CT molecular complexity index is 378. The number of methoxy groups -OCH3 is 1. The van der Waals surface area contributed by atoms with Crippen molar-refractivity contribution >= 4 is 11.7 Å². The van der Waals surface area contributed by atoms with Gasteiger partial charge in [0.1, 0.15) is 5.41 Å². The molecule has 2 unspecified atom stereocenters. The molecule has 1 amide bonds. The third-order valence-electron chi connectivity index (χ3n) is 4.81. The van der Waals surface area contributed by atoms with Gasteiger partial charge in [0, 0.05) is 7.11 Å². The van der Waals surface area contributed by atoms with E-state index >= 15 is 0 Å². The van der Waals surface area contributed by atoms with E-state index in [4.69, 9.17) is 15.7 Å².